The quantitative estimate of drug-likeness (QED) is 0.424. The van der Waals surface area contributed by atoms with Crippen LogP contribution in [0.15, 0.2) is 42.5 Å². The van der Waals surface area contributed by atoms with Crippen molar-refractivity contribution in [3.63, 3.8) is 0 Å². The van der Waals surface area contributed by atoms with Gasteiger partial charge in [-0.1, -0.05) is 12.1 Å². The molecule has 11 heteroatoms. The molecule has 186 valence electrons. The molecule has 4 amide bonds. The number of methoxy groups -OCH3 is 3. The van der Waals surface area contributed by atoms with E-state index in [0.29, 0.717) is 22.6 Å². The molecule has 1 heterocycles. The summed E-state index contributed by atoms with van der Waals surface area (Å²) in [5.74, 6) is -1.55. The Kier molecular flexibility index (Phi) is 7.58. The molecule has 1 aliphatic heterocycles. The topological polar surface area (TPSA) is 114 Å². The predicted molar refractivity (Wildman–Crippen MR) is 121 cm³/mol. The van der Waals surface area contributed by atoms with Crippen molar-refractivity contribution in [2.24, 2.45) is 0 Å². The van der Waals surface area contributed by atoms with E-state index >= 15 is 0 Å². The summed E-state index contributed by atoms with van der Waals surface area (Å²) in [7, 11) is 4.14. The minimum absolute atomic E-state index is 0.0413. The lowest BCUT2D eigenvalue weighted by Gasteiger charge is -2.25. The highest BCUT2D eigenvalue weighted by atomic mass is 19.1. The van der Waals surface area contributed by atoms with Gasteiger partial charge in [0.25, 0.3) is 5.91 Å². The van der Waals surface area contributed by atoms with E-state index in [1.54, 1.807) is 18.2 Å². The summed E-state index contributed by atoms with van der Waals surface area (Å²) in [5.41, 5.74) is -0.521. The van der Waals surface area contributed by atoms with E-state index < -0.39 is 48.3 Å². The molecule has 35 heavy (non-hydrogen) atoms. The van der Waals surface area contributed by atoms with E-state index in [1.807, 2.05) is 0 Å². The van der Waals surface area contributed by atoms with Crippen LogP contribution in [0.3, 0.4) is 0 Å². The summed E-state index contributed by atoms with van der Waals surface area (Å²) < 4.78 is 28.5. The molecule has 0 bridgehead atoms. The summed E-state index contributed by atoms with van der Waals surface area (Å²) in [6.07, 6.45) is 0. The van der Waals surface area contributed by atoms with Crippen LogP contribution in [-0.4, -0.2) is 68.0 Å². The van der Waals surface area contributed by atoms with Crippen LogP contribution < -0.4 is 14.8 Å². The first-order valence-corrected chi connectivity index (χ1v) is 10.6. The lowest BCUT2D eigenvalue weighted by atomic mass is 9.92. The molecule has 0 aromatic heterocycles. The summed E-state index contributed by atoms with van der Waals surface area (Å²) in [5, 5.41) is 2.56. The molecule has 0 saturated carbocycles. The third-order valence-corrected chi connectivity index (χ3v) is 5.67. The molecule has 0 spiro atoms. The summed E-state index contributed by atoms with van der Waals surface area (Å²) in [6, 6.07) is 9.33. The van der Waals surface area contributed by atoms with Gasteiger partial charge in [0.2, 0.25) is 5.91 Å². The van der Waals surface area contributed by atoms with Crippen molar-refractivity contribution < 1.29 is 37.8 Å². The number of esters is 1. The number of carbonyl (C=O) groups is 4. The number of imide groups is 1. The lowest BCUT2D eigenvalue weighted by molar-refractivity contribution is -0.148. The minimum Gasteiger partial charge on any atom is -0.497 e. The van der Waals surface area contributed by atoms with Gasteiger partial charge in [0.1, 0.15) is 35.9 Å². The van der Waals surface area contributed by atoms with Gasteiger partial charge in [-0.2, -0.15) is 0 Å². The monoisotopic (exact) mass is 487 g/mol. The Morgan fingerprint density at radius 2 is 1.63 bits per heavy atom. The highest BCUT2D eigenvalue weighted by molar-refractivity contribution is 6.09. The molecule has 10 nitrogen and oxygen atoms in total. The van der Waals surface area contributed by atoms with Crippen molar-refractivity contribution in [1.29, 1.82) is 0 Å². The van der Waals surface area contributed by atoms with Gasteiger partial charge in [-0.25, -0.2) is 9.18 Å². The Balaban J connectivity index is 1.83. The third kappa shape index (κ3) is 5.51. The fourth-order valence-corrected chi connectivity index (χ4v) is 3.69. The van der Waals surface area contributed by atoms with Crippen LogP contribution in [0.4, 0.5) is 9.18 Å². The number of nitrogens with zero attached hydrogens (tertiary/aromatic N) is 2. The molecule has 0 aliphatic carbocycles. The fraction of sp³-hybridized carbons (Fsp3) is 0.333. The molecule has 0 radical (unpaired) electrons. The van der Waals surface area contributed by atoms with Gasteiger partial charge in [0, 0.05) is 12.6 Å². The highest BCUT2D eigenvalue weighted by Crippen LogP contribution is 2.29. The normalized spacial score (nSPS) is 17.1. The molecule has 2 aromatic carbocycles. The van der Waals surface area contributed by atoms with E-state index in [9.17, 15) is 23.6 Å². The van der Waals surface area contributed by atoms with Crippen molar-refractivity contribution in [2.45, 2.75) is 19.0 Å². The maximum Gasteiger partial charge on any atom is 0.325 e. The maximum atomic E-state index is 13.3. The number of carbonyl (C=O) groups excluding carboxylic acids is 4. The van der Waals surface area contributed by atoms with E-state index in [2.05, 4.69) is 5.32 Å². The molecule has 1 saturated heterocycles. The number of hydrogen-bond acceptors (Lipinski definition) is 7. The second kappa shape index (κ2) is 10.4. The number of ether oxygens (including phenoxy) is 3. The third-order valence-electron chi connectivity index (χ3n) is 5.67. The van der Waals surface area contributed by atoms with E-state index in [4.69, 9.17) is 14.2 Å². The molecule has 1 aliphatic rings. The number of urea groups is 1. The first-order valence-electron chi connectivity index (χ1n) is 10.6. The molecule has 1 atom stereocenters. The zero-order chi connectivity index (χ0) is 25.8. The number of hydrogen-bond donors (Lipinski definition) is 1. The van der Waals surface area contributed by atoms with Crippen LogP contribution in [0.2, 0.25) is 0 Å². The maximum absolute atomic E-state index is 13.3. The van der Waals surface area contributed by atoms with Crippen LogP contribution in [0, 0.1) is 5.82 Å². The standard InChI is InChI=1S/C24H26FN3O7/c1-24(16-5-7-17(25)8-6-16)22(31)28(23(32)26-24)13-20(29)27(14-21(30)35-4)12-15-9-18(33-2)11-19(10-15)34-3/h5-11H,12-14H2,1-4H3,(H,26,32). The van der Waals surface area contributed by atoms with Crippen LogP contribution in [0.25, 0.3) is 0 Å². The first-order chi connectivity index (χ1) is 16.6. The minimum atomic E-state index is -1.47. The Morgan fingerprint density at radius 3 is 2.17 bits per heavy atom. The van der Waals surface area contributed by atoms with Gasteiger partial charge >= 0.3 is 12.0 Å². The van der Waals surface area contributed by atoms with Crippen molar-refractivity contribution in [3.8, 4) is 11.5 Å². The van der Waals surface area contributed by atoms with E-state index in [1.165, 1.54) is 52.5 Å². The number of nitrogens with one attached hydrogen (secondary N) is 1. The van der Waals surface area contributed by atoms with E-state index in [-0.39, 0.29) is 6.54 Å². The Labute approximate surface area is 201 Å². The number of amides is 4. The van der Waals surface area contributed by atoms with Crippen LogP contribution >= 0.6 is 0 Å². The number of halogens is 1. The summed E-state index contributed by atoms with van der Waals surface area (Å²) in [6.45, 7) is 0.410. The molecule has 3 rings (SSSR count). The van der Waals surface area contributed by atoms with Gasteiger partial charge in [0.15, 0.2) is 0 Å². The van der Waals surface area contributed by atoms with Gasteiger partial charge in [-0.05, 0) is 42.3 Å². The Bertz CT molecular complexity index is 1120. The average molecular weight is 487 g/mol. The van der Waals surface area contributed by atoms with Gasteiger partial charge in [-0.15, -0.1) is 0 Å². The highest BCUT2D eigenvalue weighted by Gasteiger charge is 2.49. The van der Waals surface area contributed by atoms with Gasteiger partial charge in [0.05, 0.1) is 21.3 Å². The first kappa shape index (κ1) is 25.5. The van der Waals surface area contributed by atoms with Gasteiger partial charge < -0.3 is 24.4 Å². The van der Waals surface area contributed by atoms with Crippen LogP contribution in [-0.2, 0) is 31.2 Å². The largest absolute Gasteiger partial charge is 0.497 e. The van der Waals surface area contributed by atoms with Crippen LogP contribution in [0.5, 0.6) is 11.5 Å². The molecular formula is C24H26FN3O7. The van der Waals surface area contributed by atoms with Gasteiger partial charge in [-0.3, -0.25) is 19.3 Å². The van der Waals surface area contributed by atoms with Crippen molar-refractivity contribution in [1.82, 2.24) is 15.1 Å². The van der Waals surface area contributed by atoms with Crippen molar-refractivity contribution in [2.75, 3.05) is 34.4 Å². The Hall–Kier alpha value is -4.15. The Morgan fingerprint density at radius 1 is 1.03 bits per heavy atom. The van der Waals surface area contributed by atoms with E-state index in [0.717, 1.165) is 9.80 Å². The fourth-order valence-electron chi connectivity index (χ4n) is 3.69. The molecule has 1 unspecified atom stereocenters. The zero-order valence-electron chi connectivity index (χ0n) is 19.8. The van der Waals surface area contributed by atoms with Crippen LogP contribution in [0.1, 0.15) is 18.1 Å². The molecule has 2 aromatic rings. The zero-order valence-corrected chi connectivity index (χ0v) is 19.8. The van der Waals surface area contributed by atoms with Crippen molar-refractivity contribution >= 4 is 23.8 Å². The second-order valence-electron chi connectivity index (χ2n) is 8.00. The number of benzene rings is 2. The predicted octanol–water partition coefficient (Wildman–Crippen LogP) is 1.81. The average Bonchev–Trinajstić information content (AvgIpc) is 3.07. The summed E-state index contributed by atoms with van der Waals surface area (Å²) >= 11 is 0. The molecule has 1 N–H and O–H groups in total. The SMILES string of the molecule is COC(=O)CN(Cc1cc(OC)cc(OC)c1)C(=O)CN1C(=O)NC(C)(c2ccc(F)cc2)C1=O. The molecule has 1 fully saturated rings. The summed E-state index contributed by atoms with van der Waals surface area (Å²) in [4.78, 5) is 52.9. The lowest BCUT2D eigenvalue weighted by Crippen LogP contribution is -2.45. The smallest absolute Gasteiger partial charge is 0.325 e. The number of rotatable bonds is 9. The van der Waals surface area contributed by atoms with Crippen molar-refractivity contribution in [3.05, 3.63) is 59.4 Å². The second-order valence-corrected chi connectivity index (χ2v) is 8.00. The molecular weight excluding hydrogens is 461 g/mol.